The molecule has 4 heteroatoms. The molecular formula is C24H24ClNO2. The van der Waals surface area contributed by atoms with E-state index in [1.54, 1.807) is 6.92 Å². The van der Waals surface area contributed by atoms with E-state index in [1.807, 2.05) is 54.6 Å². The number of carbonyl (C=O) groups is 1. The fourth-order valence-corrected chi connectivity index (χ4v) is 3.70. The largest absolute Gasteiger partial charge is 0.468 e. The molecule has 0 aliphatic rings. The average molecular weight is 394 g/mol. The van der Waals surface area contributed by atoms with E-state index in [9.17, 15) is 4.79 Å². The molecule has 0 aliphatic heterocycles. The lowest BCUT2D eigenvalue weighted by atomic mass is 9.76. The highest BCUT2D eigenvalue weighted by atomic mass is 35.5. The number of carbonyl (C=O) groups excluding carboxylic acids is 1. The second kappa shape index (κ2) is 9.05. The van der Waals surface area contributed by atoms with Crippen LogP contribution in [0.25, 0.3) is 0 Å². The van der Waals surface area contributed by atoms with E-state index in [0.717, 1.165) is 16.7 Å². The van der Waals surface area contributed by atoms with Crippen LogP contribution < -0.4 is 5.32 Å². The maximum absolute atomic E-state index is 12.6. The average Bonchev–Trinajstić information content (AvgIpc) is 2.76. The molecule has 3 nitrogen and oxygen atoms in total. The van der Waals surface area contributed by atoms with E-state index in [4.69, 9.17) is 16.3 Å². The first-order valence-electron chi connectivity index (χ1n) is 9.25. The minimum absolute atomic E-state index is 0.394. The molecule has 0 saturated heterocycles. The molecule has 144 valence electrons. The first-order chi connectivity index (χ1) is 13.6. The molecule has 0 aromatic heterocycles. The van der Waals surface area contributed by atoms with Crippen molar-refractivity contribution in [3.63, 3.8) is 0 Å². The Kier molecular flexibility index (Phi) is 6.50. The summed E-state index contributed by atoms with van der Waals surface area (Å²) in [4.78, 5) is 12.6. The molecule has 2 atom stereocenters. The van der Waals surface area contributed by atoms with Gasteiger partial charge >= 0.3 is 5.97 Å². The van der Waals surface area contributed by atoms with Gasteiger partial charge in [-0.05, 0) is 23.6 Å². The highest BCUT2D eigenvalue weighted by molar-refractivity contribution is 6.22. The smallest absolute Gasteiger partial charge is 0.324 e. The van der Waals surface area contributed by atoms with Gasteiger partial charge in [0.15, 0.2) is 0 Å². The van der Waals surface area contributed by atoms with Crippen molar-refractivity contribution in [2.75, 3.05) is 7.11 Å². The van der Waals surface area contributed by atoms with Crippen molar-refractivity contribution in [3.05, 3.63) is 108 Å². The number of ether oxygens (including phenoxy) is 1. The molecule has 0 fully saturated rings. The van der Waals surface area contributed by atoms with Gasteiger partial charge in [0.1, 0.15) is 6.04 Å². The Bertz CT molecular complexity index is 786. The minimum Gasteiger partial charge on any atom is -0.468 e. The molecule has 0 amide bonds. The van der Waals surface area contributed by atoms with Crippen LogP contribution in [0.5, 0.6) is 0 Å². The first-order valence-corrected chi connectivity index (χ1v) is 9.69. The van der Waals surface area contributed by atoms with Crippen LogP contribution in [-0.4, -0.2) is 24.5 Å². The normalized spacial score (nSPS) is 13.5. The van der Waals surface area contributed by atoms with Crippen LogP contribution in [0.1, 0.15) is 23.6 Å². The lowest BCUT2D eigenvalue weighted by Crippen LogP contribution is -2.55. The van der Waals surface area contributed by atoms with Crippen molar-refractivity contribution < 1.29 is 9.53 Å². The van der Waals surface area contributed by atoms with Gasteiger partial charge in [-0.3, -0.25) is 10.1 Å². The van der Waals surface area contributed by atoms with Gasteiger partial charge in [-0.15, -0.1) is 11.6 Å². The Morgan fingerprint density at radius 2 is 1.18 bits per heavy atom. The standard InChI is InChI=1S/C24H24ClNO2/c1-18(25)22(23(27)28-2)26-24(19-12-6-3-7-13-19,20-14-8-4-9-15-20)21-16-10-5-11-17-21/h3-18,22,26H,1-2H3/t18-,22+/m1/s1. The Hall–Kier alpha value is -2.62. The minimum atomic E-state index is -0.772. The van der Waals surface area contributed by atoms with Gasteiger partial charge in [-0.25, -0.2) is 0 Å². The zero-order valence-corrected chi connectivity index (χ0v) is 16.8. The highest BCUT2D eigenvalue weighted by Gasteiger charge is 2.41. The Labute approximate surface area is 171 Å². The number of nitrogens with one attached hydrogen (secondary N) is 1. The molecule has 3 aromatic rings. The third-order valence-electron chi connectivity index (χ3n) is 4.91. The van der Waals surface area contributed by atoms with Crippen molar-refractivity contribution >= 4 is 17.6 Å². The van der Waals surface area contributed by atoms with Crippen LogP contribution in [0.4, 0.5) is 0 Å². The number of alkyl halides is 1. The molecule has 1 N–H and O–H groups in total. The number of hydrogen-bond donors (Lipinski definition) is 1. The van der Waals surface area contributed by atoms with E-state index in [-0.39, 0.29) is 0 Å². The van der Waals surface area contributed by atoms with Crippen molar-refractivity contribution in [2.45, 2.75) is 23.9 Å². The maximum atomic E-state index is 12.6. The molecule has 0 radical (unpaired) electrons. The lowest BCUT2D eigenvalue weighted by Gasteiger charge is -2.40. The summed E-state index contributed by atoms with van der Waals surface area (Å²) < 4.78 is 5.04. The van der Waals surface area contributed by atoms with Gasteiger partial charge in [0.2, 0.25) is 0 Å². The van der Waals surface area contributed by atoms with Gasteiger partial charge in [0.25, 0.3) is 0 Å². The van der Waals surface area contributed by atoms with Gasteiger partial charge < -0.3 is 4.74 Å². The molecular weight excluding hydrogens is 370 g/mol. The van der Waals surface area contributed by atoms with Crippen molar-refractivity contribution in [1.82, 2.24) is 5.32 Å². The molecule has 0 heterocycles. The molecule has 0 bridgehead atoms. The molecule has 3 rings (SSSR count). The Morgan fingerprint density at radius 1 is 0.821 bits per heavy atom. The lowest BCUT2D eigenvalue weighted by molar-refractivity contribution is -0.143. The molecule has 3 aromatic carbocycles. The topological polar surface area (TPSA) is 38.3 Å². The zero-order chi connectivity index (χ0) is 20.0. The van der Waals surface area contributed by atoms with Gasteiger partial charge in [-0.1, -0.05) is 91.0 Å². The summed E-state index contributed by atoms with van der Waals surface area (Å²) in [7, 11) is 1.38. The number of esters is 1. The van der Waals surface area contributed by atoms with Gasteiger partial charge in [0, 0.05) is 0 Å². The predicted octanol–water partition coefficient (Wildman–Crippen LogP) is 4.74. The molecule has 0 spiro atoms. The van der Waals surface area contributed by atoms with Gasteiger partial charge in [-0.2, -0.15) is 0 Å². The van der Waals surface area contributed by atoms with Crippen molar-refractivity contribution in [2.24, 2.45) is 0 Å². The number of hydrogen-bond acceptors (Lipinski definition) is 3. The summed E-state index contributed by atoms with van der Waals surface area (Å²) in [6, 6.07) is 29.5. The Morgan fingerprint density at radius 3 is 1.46 bits per heavy atom. The third kappa shape index (κ3) is 3.96. The van der Waals surface area contributed by atoms with E-state index in [0.29, 0.717) is 0 Å². The van der Waals surface area contributed by atoms with Crippen molar-refractivity contribution in [3.8, 4) is 0 Å². The molecule has 28 heavy (non-hydrogen) atoms. The Balaban J connectivity index is 2.29. The van der Waals surface area contributed by atoms with E-state index < -0.39 is 22.9 Å². The zero-order valence-electron chi connectivity index (χ0n) is 16.0. The predicted molar refractivity (Wildman–Crippen MR) is 113 cm³/mol. The van der Waals surface area contributed by atoms with Crippen LogP contribution in [0.3, 0.4) is 0 Å². The fraction of sp³-hybridized carbons (Fsp3) is 0.208. The molecule has 0 aliphatic carbocycles. The quantitative estimate of drug-likeness (QED) is 0.358. The second-order valence-corrected chi connectivity index (χ2v) is 7.36. The van der Waals surface area contributed by atoms with E-state index >= 15 is 0 Å². The summed E-state index contributed by atoms with van der Waals surface area (Å²) in [6.45, 7) is 1.79. The molecule has 0 saturated carbocycles. The van der Waals surface area contributed by atoms with Crippen molar-refractivity contribution in [1.29, 1.82) is 0 Å². The summed E-state index contributed by atoms with van der Waals surface area (Å²) in [5, 5.41) is 3.09. The van der Waals surface area contributed by atoms with Gasteiger partial charge in [0.05, 0.1) is 18.0 Å². The summed E-state index contributed by atoms with van der Waals surface area (Å²) in [5.74, 6) is -0.394. The van der Waals surface area contributed by atoms with Crippen LogP contribution in [0.15, 0.2) is 91.0 Å². The molecule has 0 unspecified atom stereocenters. The maximum Gasteiger partial charge on any atom is 0.324 e. The number of benzene rings is 3. The SMILES string of the molecule is COC(=O)[C@@H](NC(c1ccccc1)(c1ccccc1)c1ccccc1)[C@@H](C)Cl. The highest BCUT2D eigenvalue weighted by Crippen LogP contribution is 2.37. The van der Waals surface area contributed by atoms with Crippen LogP contribution >= 0.6 is 11.6 Å². The summed E-state index contributed by atoms with van der Waals surface area (Å²) in [5.41, 5.74) is 2.27. The van der Waals surface area contributed by atoms with Crippen LogP contribution in [0.2, 0.25) is 0 Å². The monoisotopic (exact) mass is 393 g/mol. The van der Waals surface area contributed by atoms with Crippen LogP contribution in [-0.2, 0) is 15.1 Å². The fourth-order valence-electron chi connectivity index (χ4n) is 3.54. The van der Waals surface area contributed by atoms with E-state index in [1.165, 1.54) is 7.11 Å². The number of halogens is 1. The number of methoxy groups -OCH3 is 1. The van der Waals surface area contributed by atoms with E-state index in [2.05, 4.69) is 41.7 Å². The second-order valence-electron chi connectivity index (χ2n) is 6.67. The summed E-state index contributed by atoms with van der Waals surface area (Å²) in [6.07, 6.45) is 0. The third-order valence-corrected chi connectivity index (χ3v) is 5.16. The number of rotatable bonds is 7. The first kappa shape index (κ1) is 20.1. The summed E-state index contributed by atoms with van der Waals surface area (Å²) >= 11 is 6.42. The van der Waals surface area contributed by atoms with Crippen LogP contribution in [0, 0.1) is 0 Å².